The highest BCUT2D eigenvalue weighted by atomic mass is 16.3. The molecule has 0 aliphatic rings. The van der Waals surface area contributed by atoms with E-state index < -0.39 is 0 Å². The summed E-state index contributed by atoms with van der Waals surface area (Å²) in [6.07, 6.45) is 1.64. The van der Waals surface area contributed by atoms with Crippen molar-refractivity contribution in [2.45, 2.75) is 12.0 Å². The molecule has 0 bridgehead atoms. The largest absolute Gasteiger partial charge is 0.464 e. The summed E-state index contributed by atoms with van der Waals surface area (Å²) in [5, 5.41) is 22.7. The van der Waals surface area contributed by atoms with Gasteiger partial charge in [-0.3, -0.25) is 0 Å². The molecule has 2 rings (SSSR count). The number of fused-ring (bicyclic) bond motifs is 1. The van der Waals surface area contributed by atoms with E-state index in [9.17, 15) is 10.2 Å². The second-order valence-corrected chi connectivity index (χ2v) is 4.08. The highest BCUT2D eigenvalue weighted by molar-refractivity contribution is 5.77. The first-order valence-corrected chi connectivity index (χ1v) is 5.66. The van der Waals surface area contributed by atoms with Crippen LogP contribution in [0.15, 0.2) is 34.9 Å². The predicted molar refractivity (Wildman–Crippen MR) is 66.0 cm³/mol. The molecule has 1 heterocycles. The van der Waals surface area contributed by atoms with Crippen LogP contribution in [-0.2, 0) is 0 Å². The molecular weight excluding hydrogens is 218 g/mol. The molecule has 1 aromatic heterocycles. The maximum Gasteiger partial charge on any atom is 0.133 e. The Balaban J connectivity index is 2.34. The second kappa shape index (κ2) is 5.31. The van der Waals surface area contributed by atoms with Crippen molar-refractivity contribution in [3.8, 4) is 0 Å². The fraction of sp³-hybridized carbons (Fsp3) is 0.385. The molecule has 0 aliphatic heterocycles. The van der Waals surface area contributed by atoms with E-state index in [2.05, 4.69) is 5.32 Å². The Morgan fingerprint density at radius 1 is 1.24 bits per heavy atom. The first-order chi connectivity index (χ1) is 8.30. The molecule has 0 saturated heterocycles. The van der Waals surface area contributed by atoms with Gasteiger partial charge in [0.2, 0.25) is 0 Å². The highest BCUT2D eigenvalue weighted by Gasteiger charge is 2.20. The zero-order chi connectivity index (χ0) is 12.3. The molecule has 92 valence electrons. The van der Waals surface area contributed by atoms with E-state index in [0.29, 0.717) is 0 Å². The lowest BCUT2D eigenvalue weighted by molar-refractivity contribution is 0.182. The molecule has 17 heavy (non-hydrogen) atoms. The molecule has 2 atom stereocenters. The number of hydrogen-bond donors (Lipinski definition) is 3. The van der Waals surface area contributed by atoms with Gasteiger partial charge in [-0.05, 0) is 30.8 Å². The van der Waals surface area contributed by atoms with Crippen LogP contribution in [0.25, 0.3) is 11.0 Å². The van der Waals surface area contributed by atoms with Crippen molar-refractivity contribution in [2.75, 3.05) is 20.3 Å². The van der Waals surface area contributed by atoms with Gasteiger partial charge in [0.1, 0.15) is 5.58 Å². The Hall–Kier alpha value is -1.36. The van der Waals surface area contributed by atoms with Crippen molar-refractivity contribution in [1.29, 1.82) is 0 Å². The van der Waals surface area contributed by atoms with Gasteiger partial charge in [-0.2, -0.15) is 0 Å². The molecule has 0 amide bonds. The van der Waals surface area contributed by atoms with Gasteiger partial charge in [0.15, 0.2) is 0 Å². The number of hydrogen-bond acceptors (Lipinski definition) is 4. The van der Waals surface area contributed by atoms with Crippen LogP contribution >= 0.6 is 0 Å². The summed E-state index contributed by atoms with van der Waals surface area (Å²) in [5.41, 5.74) is 1.82. The van der Waals surface area contributed by atoms with E-state index in [1.165, 1.54) is 0 Å². The number of rotatable bonds is 5. The van der Waals surface area contributed by atoms with Crippen LogP contribution in [0.4, 0.5) is 0 Å². The maximum atomic E-state index is 9.46. The molecule has 4 nitrogen and oxygen atoms in total. The molecule has 1 aromatic carbocycles. The van der Waals surface area contributed by atoms with Gasteiger partial charge in [-0.1, -0.05) is 6.07 Å². The summed E-state index contributed by atoms with van der Waals surface area (Å²) < 4.78 is 5.27. The smallest absolute Gasteiger partial charge is 0.133 e. The van der Waals surface area contributed by atoms with Crippen molar-refractivity contribution in [3.63, 3.8) is 0 Å². The van der Waals surface area contributed by atoms with Gasteiger partial charge in [0.25, 0.3) is 0 Å². The van der Waals surface area contributed by atoms with Crippen molar-refractivity contribution < 1.29 is 14.6 Å². The molecule has 0 aliphatic carbocycles. The predicted octanol–water partition coefficient (Wildman–Crippen LogP) is 1.09. The third-order valence-corrected chi connectivity index (χ3v) is 3.15. The zero-order valence-electron chi connectivity index (χ0n) is 9.76. The summed E-state index contributed by atoms with van der Waals surface area (Å²) >= 11 is 0. The van der Waals surface area contributed by atoms with Gasteiger partial charge < -0.3 is 19.9 Å². The Kier molecular flexibility index (Phi) is 3.78. The second-order valence-electron chi connectivity index (χ2n) is 4.08. The Morgan fingerprint density at radius 2 is 2.06 bits per heavy atom. The fourth-order valence-electron chi connectivity index (χ4n) is 2.10. The average Bonchev–Trinajstić information content (AvgIpc) is 2.82. The monoisotopic (exact) mass is 235 g/mol. The quantitative estimate of drug-likeness (QED) is 0.726. The summed E-state index contributed by atoms with van der Waals surface area (Å²) in [4.78, 5) is 0. The lowest BCUT2D eigenvalue weighted by Crippen LogP contribution is -2.37. The van der Waals surface area contributed by atoms with Crippen molar-refractivity contribution in [3.05, 3.63) is 36.1 Å². The number of nitrogens with one attached hydrogen (secondary N) is 1. The van der Waals surface area contributed by atoms with Gasteiger partial charge in [0.05, 0.1) is 19.5 Å². The minimum Gasteiger partial charge on any atom is -0.464 e. The van der Waals surface area contributed by atoms with Gasteiger partial charge in [-0.15, -0.1) is 0 Å². The number of furan rings is 1. The van der Waals surface area contributed by atoms with Crippen LogP contribution in [0.5, 0.6) is 0 Å². The third kappa shape index (κ3) is 2.34. The van der Waals surface area contributed by atoms with E-state index in [1.54, 1.807) is 13.3 Å². The standard InChI is InChI=1S/C13H17NO3/c1-14-12(8-16)11(7-15)9-2-3-13-10(6-9)4-5-17-13/h2-6,11-12,14-16H,7-8H2,1H3. The lowest BCUT2D eigenvalue weighted by Gasteiger charge is -2.23. The average molecular weight is 235 g/mol. The first-order valence-electron chi connectivity index (χ1n) is 5.66. The third-order valence-electron chi connectivity index (χ3n) is 3.15. The molecule has 0 radical (unpaired) electrons. The van der Waals surface area contributed by atoms with Gasteiger partial charge in [0, 0.05) is 17.3 Å². The lowest BCUT2D eigenvalue weighted by atomic mass is 9.92. The van der Waals surface area contributed by atoms with Gasteiger partial charge in [-0.25, -0.2) is 0 Å². The van der Waals surface area contributed by atoms with Gasteiger partial charge >= 0.3 is 0 Å². The number of aliphatic hydroxyl groups is 2. The van der Waals surface area contributed by atoms with E-state index in [0.717, 1.165) is 16.5 Å². The summed E-state index contributed by atoms with van der Waals surface area (Å²) in [6.45, 7) is -0.0133. The maximum absolute atomic E-state index is 9.46. The number of aliphatic hydroxyl groups excluding tert-OH is 2. The molecule has 0 fully saturated rings. The first kappa shape index (κ1) is 12.1. The molecule has 3 N–H and O–H groups in total. The highest BCUT2D eigenvalue weighted by Crippen LogP contribution is 2.24. The van der Waals surface area contributed by atoms with E-state index in [1.807, 2.05) is 24.3 Å². The minimum atomic E-state index is -0.149. The van der Waals surface area contributed by atoms with E-state index >= 15 is 0 Å². The summed E-state index contributed by atoms with van der Waals surface area (Å²) in [6, 6.07) is 7.54. The number of benzene rings is 1. The van der Waals surface area contributed by atoms with E-state index in [4.69, 9.17) is 4.42 Å². The van der Waals surface area contributed by atoms with Crippen LogP contribution in [0, 0.1) is 0 Å². The van der Waals surface area contributed by atoms with Crippen LogP contribution in [0.2, 0.25) is 0 Å². The summed E-state index contributed by atoms with van der Waals surface area (Å²) in [7, 11) is 1.78. The zero-order valence-corrected chi connectivity index (χ0v) is 9.76. The number of likely N-dealkylation sites (N-methyl/N-ethyl adjacent to an activating group) is 1. The molecule has 2 unspecified atom stereocenters. The Labute approximate surface area is 99.9 Å². The normalized spacial score (nSPS) is 15.0. The molecule has 4 heteroatoms. The molecular formula is C13H17NO3. The topological polar surface area (TPSA) is 65.6 Å². The summed E-state index contributed by atoms with van der Waals surface area (Å²) in [5.74, 6) is -0.121. The fourth-order valence-corrected chi connectivity index (χ4v) is 2.10. The Morgan fingerprint density at radius 3 is 2.71 bits per heavy atom. The van der Waals surface area contributed by atoms with Crippen molar-refractivity contribution in [1.82, 2.24) is 5.32 Å². The van der Waals surface area contributed by atoms with Crippen LogP contribution < -0.4 is 5.32 Å². The van der Waals surface area contributed by atoms with Crippen molar-refractivity contribution >= 4 is 11.0 Å². The SMILES string of the molecule is CNC(CO)C(CO)c1ccc2occc2c1. The molecule has 0 saturated carbocycles. The van der Waals surface area contributed by atoms with Crippen LogP contribution in [0.1, 0.15) is 11.5 Å². The Bertz CT molecular complexity index is 476. The minimum absolute atomic E-state index is 0.00454. The van der Waals surface area contributed by atoms with E-state index in [-0.39, 0.29) is 25.2 Å². The van der Waals surface area contributed by atoms with Crippen LogP contribution in [-0.4, -0.2) is 36.5 Å². The van der Waals surface area contributed by atoms with Crippen LogP contribution in [0.3, 0.4) is 0 Å². The molecule has 2 aromatic rings. The molecule has 0 spiro atoms. The van der Waals surface area contributed by atoms with Crippen molar-refractivity contribution in [2.24, 2.45) is 0 Å².